The van der Waals surface area contributed by atoms with E-state index >= 15 is 0 Å². The Morgan fingerprint density at radius 1 is 1.13 bits per heavy atom. The summed E-state index contributed by atoms with van der Waals surface area (Å²) in [5.74, 6) is -0.370. The van der Waals surface area contributed by atoms with Gasteiger partial charge in [0.05, 0.1) is 26.0 Å². The van der Waals surface area contributed by atoms with E-state index in [1.165, 1.54) is 6.20 Å². The number of benzene rings is 1. The summed E-state index contributed by atoms with van der Waals surface area (Å²) < 4.78 is 65.3. The molecule has 1 aliphatic heterocycles. The zero-order chi connectivity index (χ0) is 27.9. The minimum absolute atomic E-state index is 0.0176. The van der Waals surface area contributed by atoms with Crippen LogP contribution in [0.2, 0.25) is 18.1 Å². The second-order valence-corrected chi connectivity index (χ2v) is 16.6. The second kappa shape index (κ2) is 10.1. The van der Waals surface area contributed by atoms with E-state index in [-0.39, 0.29) is 35.9 Å². The number of amides is 1. The number of thiazole rings is 1. The Labute approximate surface area is 223 Å². The van der Waals surface area contributed by atoms with E-state index in [9.17, 15) is 22.4 Å². The van der Waals surface area contributed by atoms with Crippen molar-refractivity contribution in [3.05, 3.63) is 64.7 Å². The predicted molar refractivity (Wildman–Crippen MR) is 140 cm³/mol. The van der Waals surface area contributed by atoms with Crippen LogP contribution in [0.25, 0.3) is 11.1 Å². The Bertz CT molecular complexity index is 1320. The second-order valence-electron chi connectivity index (χ2n) is 10.8. The molecule has 12 heteroatoms. The van der Waals surface area contributed by atoms with Crippen LogP contribution in [0.4, 0.5) is 22.7 Å². The Morgan fingerprint density at radius 2 is 1.79 bits per heavy atom. The Hall–Kier alpha value is -2.67. The van der Waals surface area contributed by atoms with E-state index in [0.717, 1.165) is 23.6 Å². The summed E-state index contributed by atoms with van der Waals surface area (Å²) in [5.41, 5.74) is 0.253. The predicted octanol–water partition coefficient (Wildman–Crippen LogP) is 6.79. The monoisotopic (exact) mass is 567 g/mol. The summed E-state index contributed by atoms with van der Waals surface area (Å²) in [6.45, 7) is 10.6. The van der Waals surface area contributed by atoms with Gasteiger partial charge in [0, 0.05) is 11.8 Å². The lowest BCUT2D eigenvalue weighted by atomic mass is 9.77. The molecule has 1 N–H and O–H groups in total. The van der Waals surface area contributed by atoms with Gasteiger partial charge in [-0.05, 0) is 40.9 Å². The third-order valence-corrected chi connectivity index (χ3v) is 12.4. The fourth-order valence-electron chi connectivity index (χ4n) is 3.74. The van der Waals surface area contributed by atoms with Crippen LogP contribution >= 0.6 is 11.3 Å². The third-order valence-electron chi connectivity index (χ3n) is 7.25. The average molecular weight is 568 g/mol. The Balaban J connectivity index is 1.63. The number of halogens is 4. The van der Waals surface area contributed by atoms with Gasteiger partial charge in [-0.2, -0.15) is 17.6 Å². The maximum absolute atomic E-state index is 13.5. The molecule has 0 bridgehead atoms. The highest BCUT2D eigenvalue weighted by Gasteiger charge is 2.48. The fourth-order valence-corrected chi connectivity index (χ4v) is 5.23. The van der Waals surface area contributed by atoms with Crippen LogP contribution < -0.4 is 5.32 Å². The summed E-state index contributed by atoms with van der Waals surface area (Å²) >= 11 is 0.727. The molecule has 0 atom stereocenters. The number of aromatic nitrogens is 2. The Kier molecular flexibility index (Phi) is 7.56. The third kappa shape index (κ3) is 5.68. The number of alkyl halides is 3. The van der Waals surface area contributed by atoms with Gasteiger partial charge in [-0.25, -0.2) is 4.98 Å². The van der Waals surface area contributed by atoms with Crippen molar-refractivity contribution in [3.63, 3.8) is 0 Å². The first-order chi connectivity index (χ1) is 17.6. The summed E-state index contributed by atoms with van der Waals surface area (Å²) in [6, 6.07) is 8.02. The van der Waals surface area contributed by atoms with Gasteiger partial charge in [-0.1, -0.05) is 56.4 Å². The molecule has 3 aromatic rings. The fraction of sp³-hybridized carbons (Fsp3) is 0.423. The van der Waals surface area contributed by atoms with Crippen LogP contribution in [0.3, 0.4) is 0 Å². The lowest BCUT2D eigenvalue weighted by molar-refractivity contribution is -0.141. The molecule has 0 unspecified atom stereocenters. The highest BCUT2D eigenvalue weighted by molar-refractivity contribution is 7.14. The summed E-state index contributed by atoms with van der Waals surface area (Å²) in [4.78, 5) is 20.6. The van der Waals surface area contributed by atoms with Gasteiger partial charge in [0.2, 0.25) is 5.91 Å². The molecule has 204 valence electrons. The van der Waals surface area contributed by atoms with E-state index in [1.807, 2.05) is 13.1 Å². The molecule has 1 amide bonds. The van der Waals surface area contributed by atoms with Crippen molar-refractivity contribution in [1.29, 1.82) is 0 Å². The number of nitrogens with zero attached hydrogens (tertiary/aromatic N) is 2. The van der Waals surface area contributed by atoms with Crippen molar-refractivity contribution in [2.24, 2.45) is 0 Å². The molecule has 0 radical (unpaired) electrons. The van der Waals surface area contributed by atoms with Gasteiger partial charge >= 0.3 is 6.18 Å². The van der Waals surface area contributed by atoms with Gasteiger partial charge in [0.15, 0.2) is 18.6 Å². The van der Waals surface area contributed by atoms with Crippen molar-refractivity contribution in [2.45, 2.75) is 57.1 Å². The topological polar surface area (TPSA) is 73.3 Å². The zero-order valence-electron chi connectivity index (χ0n) is 21.7. The van der Waals surface area contributed by atoms with Crippen molar-refractivity contribution < 1.29 is 31.5 Å². The highest BCUT2D eigenvalue weighted by atomic mass is 32.1. The first-order valence-electron chi connectivity index (χ1n) is 11.9. The smallest absolute Gasteiger partial charge is 0.413 e. The van der Waals surface area contributed by atoms with Crippen LogP contribution in [-0.4, -0.2) is 37.4 Å². The normalized spacial score (nSPS) is 15.7. The molecular weight excluding hydrogens is 538 g/mol. The minimum atomic E-state index is -4.58. The Morgan fingerprint density at radius 3 is 2.29 bits per heavy atom. The van der Waals surface area contributed by atoms with Crippen LogP contribution in [-0.2, 0) is 32.2 Å². The van der Waals surface area contributed by atoms with Crippen LogP contribution in [0.5, 0.6) is 0 Å². The molecule has 1 fully saturated rings. The van der Waals surface area contributed by atoms with Gasteiger partial charge in [-0.3, -0.25) is 9.78 Å². The summed E-state index contributed by atoms with van der Waals surface area (Å²) in [5, 5.41) is 2.17. The molecule has 1 aliphatic rings. The molecule has 0 spiro atoms. The van der Waals surface area contributed by atoms with E-state index in [4.69, 9.17) is 9.16 Å². The number of hydrogen-bond donors (Lipinski definition) is 1. The number of rotatable bonds is 7. The molecule has 4 rings (SSSR count). The number of anilines is 1. The molecular formula is C26H29F4N3O3SSi. The van der Waals surface area contributed by atoms with E-state index < -0.39 is 30.7 Å². The van der Waals surface area contributed by atoms with E-state index in [2.05, 4.69) is 36.1 Å². The maximum Gasteiger partial charge on any atom is 0.433 e. The molecule has 3 heterocycles. The average Bonchev–Trinajstić information content (AvgIpc) is 3.20. The maximum atomic E-state index is 13.5. The van der Waals surface area contributed by atoms with E-state index in [1.54, 1.807) is 24.3 Å². The highest BCUT2D eigenvalue weighted by Crippen LogP contribution is 2.39. The standard InChI is InChI=1S/C26H29F4N3O3SSi/c1-24(2,3)38(4,5)36-13-17-10-20(26(28,29)30)31-11-19(17)16-6-8-18(9-7-16)25(14-35-15-25)22(34)33-23-32-12-21(27)37-23/h6-12H,13-15H2,1-5H3,(H,32,33,34). The molecule has 2 aromatic heterocycles. The first kappa shape index (κ1) is 28.3. The lowest BCUT2D eigenvalue weighted by Gasteiger charge is -2.40. The van der Waals surface area contributed by atoms with Gasteiger partial charge in [0.25, 0.3) is 0 Å². The largest absolute Gasteiger partial charge is 0.433 e. The van der Waals surface area contributed by atoms with Crippen molar-refractivity contribution >= 4 is 30.7 Å². The van der Waals surface area contributed by atoms with Crippen LogP contribution in [0.1, 0.15) is 37.6 Å². The van der Waals surface area contributed by atoms with Gasteiger partial charge in [-0.15, -0.1) is 0 Å². The van der Waals surface area contributed by atoms with E-state index in [0.29, 0.717) is 22.3 Å². The number of carbonyl (C=O) groups is 1. The number of carbonyl (C=O) groups excluding carboxylic acids is 1. The lowest BCUT2D eigenvalue weighted by Crippen LogP contribution is -2.55. The summed E-state index contributed by atoms with van der Waals surface area (Å²) in [7, 11) is -2.24. The van der Waals surface area contributed by atoms with Crippen molar-refractivity contribution in [3.8, 4) is 11.1 Å². The SMILES string of the molecule is CC(C)(C)[Si](C)(C)OCc1cc(C(F)(F)F)ncc1-c1ccc(C2(C(=O)Nc3ncc(F)s3)COC2)cc1. The number of ether oxygens (including phenoxy) is 1. The quantitative estimate of drug-likeness (QED) is 0.251. The number of nitrogens with one attached hydrogen (secondary N) is 1. The number of hydrogen-bond acceptors (Lipinski definition) is 6. The van der Waals surface area contributed by atoms with Crippen molar-refractivity contribution in [2.75, 3.05) is 18.5 Å². The zero-order valence-corrected chi connectivity index (χ0v) is 23.5. The van der Waals surface area contributed by atoms with Crippen molar-refractivity contribution in [1.82, 2.24) is 9.97 Å². The van der Waals surface area contributed by atoms with Crippen LogP contribution in [0, 0.1) is 5.13 Å². The molecule has 1 aromatic carbocycles. The molecule has 6 nitrogen and oxygen atoms in total. The summed E-state index contributed by atoms with van der Waals surface area (Å²) in [6.07, 6.45) is -2.34. The molecule has 0 saturated carbocycles. The number of pyridine rings is 1. The van der Waals surface area contributed by atoms with Gasteiger partial charge in [0.1, 0.15) is 11.1 Å². The van der Waals surface area contributed by atoms with Crippen LogP contribution in [0.15, 0.2) is 42.7 Å². The minimum Gasteiger partial charge on any atom is -0.413 e. The van der Waals surface area contributed by atoms with Gasteiger partial charge < -0.3 is 14.5 Å². The molecule has 38 heavy (non-hydrogen) atoms. The first-order valence-corrected chi connectivity index (χ1v) is 15.7. The molecule has 1 saturated heterocycles. The molecule has 0 aliphatic carbocycles.